The predicted octanol–water partition coefficient (Wildman–Crippen LogP) is 4.02. The molecule has 0 spiro atoms. The molecule has 1 N–H and O–H groups in total. The Morgan fingerprint density at radius 2 is 1.62 bits per heavy atom. The molecule has 0 aliphatic carbocycles. The molecule has 3 rings (SSSR count). The quantitative estimate of drug-likeness (QED) is 0.371. The highest BCUT2D eigenvalue weighted by molar-refractivity contribution is 7.92. The molecule has 11 heteroatoms. The SMILES string of the molecule is CNC(=O)[C@@H](C)N(Cc1ccccc1Cl)C(=O)CN(c1ccc(OC)c(OC)c1)S(=O)(=O)c1ccc(C)cc1. The number of anilines is 1. The van der Waals surface area contributed by atoms with Gasteiger partial charge in [-0.25, -0.2) is 8.42 Å². The molecule has 0 aliphatic heterocycles. The minimum absolute atomic E-state index is 0.00253. The van der Waals surface area contributed by atoms with Crippen LogP contribution in [0.1, 0.15) is 18.1 Å². The molecule has 9 nitrogen and oxygen atoms in total. The van der Waals surface area contributed by atoms with E-state index in [9.17, 15) is 18.0 Å². The average Bonchev–Trinajstić information content (AvgIpc) is 2.94. The Labute approximate surface area is 234 Å². The zero-order valence-corrected chi connectivity index (χ0v) is 24.0. The van der Waals surface area contributed by atoms with E-state index in [2.05, 4.69) is 5.32 Å². The van der Waals surface area contributed by atoms with Gasteiger partial charge in [0.05, 0.1) is 24.8 Å². The summed E-state index contributed by atoms with van der Waals surface area (Å²) >= 11 is 6.35. The van der Waals surface area contributed by atoms with Crippen molar-refractivity contribution in [3.63, 3.8) is 0 Å². The van der Waals surface area contributed by atoms with Crippen LogP contribution in [0.5, 0.6) is 11.5 Å². The number of halogens is 1. The summed E-state index contributed by atoms with van der Waals surface area (Å²) in [6.45, 7) is 2.83. The Kier molecular flexibility index (Phi) is 9.82. The maximum absolute atomic E-state index is 13.9. The first-order valence-electron chi connectivity index (χ1n) is 12.1. The second kappa shape index (κ2) is 12.9. The van der Waals surface area contributed by atoms with Crippen molar-refractivity contribution in [2.75, 3.05) is 32.1 Å². The number of benzene rings is 3. The average molecular weight is 574 g/mol. The number of carbonyl (C=O) groups is 2. The molecule has 39 heavy (non-hydrogen) atoms. The topological polar surface area (TPSA) is 105 Å². The molecule has 0 fully saturated rings. The van der Waals surface area contributed by atoms with E-state index in [0.29, 0.717) is 22.1 Å². The van der Waals surface area contributed by atoms with Gasteiger partial charge >= 0.3 is 0 Å². The van der Waals surface area contributed by atoms with Crippen molar-refractivity contribution in [3.05, 3.63) is 82.9 Å². The molecule has 0 aromatic heterocycles. The minimum atomic E-state index is -4.21. The number of aryl methyl sites for hydroxylation is 1. The van der Waals surface area contributed by atoms with E-state index in [-0.39, 0.29) is 17.1 Å². The lowest BCUT2D eigenvalue weighted by molar-refractivity contribution is -0.139. The lowest BCUT2D eigenvalue weighted by Gasteiger charge is -2.32. The van der Waals surface area contributed by atoms with E-state index in [1.165, 1.54) is 50.4 Å². The highest BCUT2D eigenvalue weighted by atomic mass is 35.5. The first-order valence-corrected chi connectivity index (χ1v) is 13.9. The molecule has 0 radical (unpaired) electrons. The Balaban J connectivity index is 2.10. The Hall–Kier alpha value is -3.76. The summed E-state index contributed by atoms with van der Waals surface area (Å²) in [5.41, 5.74) is 1.68. The Morgan fingerprint density at radius 3 is 2.21 bits per heavy atom. The summed E-state index contributed by atoms with van der Waals surface area (Å²) in [5, 5.41) is 2.97. The molecule has 0 saturated heterocycles. The largest absolute Gasteiger partial charge is 0.493 e. The molecule has 3 aromatic rings. The number of hydrogen-bond acceptors (Lipinski definition) is 6. The fraction of sp³-hybridized carbons (Fsp3) is 0.286. The molecule has 0 unspecified atom stereocenters. The fourth-order valence-electron chi connectivity index (χ4n) is 3.95. The van der Waals surface area contributed by atoms with Gasteiger partial charge in [-0.15, -0.1) is 0 Å². The van der Waals surface area contributed by atoms with Crippen molar-refractivity contribution in [3.8, 4) is 11.5 Å². The number of nitrogens with zero attached hydrogens (tertiary/aromatic N) is 2. The summed E-state index contributed by atoms with van der Waals surface area (Å²) < 4.78 is 39.5. The second-order valence-corrected chi connectivity index (χ2v) is 11.0. The van der Waals surface area contributed by atoms with Crippen LogP contribution in [0.4, 0.5) is 5.69 Å². The fourth-order valence-corrected chi connectivity index (χ4v) is 5.55. The van der Waals surface area contributed by atoms with Crippen molar-refractivity contribution in [1.29, 1.82) is 0 Å². The van der Waals surface area contributed by atoms with Crippen molar-refractivity contribution in [1.82, 2.24) is 10.2 Å². The Bertz CT molecular complexity index is 1430. The number of hydrogen-bond donors (Lipinski definition) is 1. The highest BCUT2D eigenvalue weighted by Gasteiger charge is 2.33. The molecule has 0 heterocycles. The van der Waals surface area contributed by atoms with Gasteiger partial charge in [0.25, 0.3) is 10.0 Å². The van der Waals surface area contributed by atoms with E-state index in [4.69, 9.17) is 21.1 Å². The lowest BCUT2D eigenvalue weighted by Crippen LogP contribution is -2.50. The van der Waals surface area contributed by atoms with Crippen LogP contribution in [0.25, 0.3) is 0 Å². The molecular formula is C28H32ClN3O6S. The number of methoxy groups -OCH3 is 2. The molecule has 208 valence electrons. The number of nitrogens with one attached hydrogen (secondary N) is 1. The number of likely N-dealkylation sites (N-methyl/N-ethyl adjacent to an activating group) is 1. The third-order valence-corrected chi connectivity index (χ3v) is 8.41. The van der Waals surface area contributed by atoms with Crippen molar-refractivity contribution < 1.29 is 27.5 Å². The van der Waals surface area contributed by atoms with Gasteiger partial charge in [-0.1, -0.05) is 47.5 Å². The number of carbonyl (C=O) groups excluding carboxylic acids is 2. The molecule has 0 saturated carbocycles. The first kappa shape index (κ1) is 29.8. The van der Waals surface area contributed by atoms with E-state index in [1.807, 2.05) is 6.92 Å². The summed E-state index contributed by atoms with van der Waals surface area (Å²) in [7, 11) is 0.153. The molecule has 3 aromatic carbocycles. The number of ether oxygens (including phenoxy) is 2. The van der Waals surface area contributed by atoms with Gasteiger partial charge in [-0.3, -0.25) is 13.9 Å². The van der Waals surface area contributed by atoms with Crippen LogP contribution in [0, 0.1) is 6.92 Å². The lowest BCUT2D eigenvalue weighted by atomic mass is 10.1. The van der Waals surface area contributed by atoms with E-state index < -0.39 is 34.4 Å². The van der Waals surface area contributed by atoms with Crippen LogP contribution in [-0.2, 0) is 26.2 Å². The van der Waals surface area contributed by atoms with Crippen LogP contribution in [-0.4, -0.2) is 59.0 Å². The van der Waals surface area contributed by atoms with E-state index >= 15 is 0 Å². The maximum Gasteiger partial charge on any atom is 0.264 e. The zero-order valence-electron chi connectivity index (χ0n) is 22.5. The van der Waals surface area contributed by atoms with Crippen LogP contribution < -0.4 is 19.1 Å². The third-order valence-electron chi connectivity index (χ3n) is 6.26. The zero-order chi connectivity index (χ0) is 28.7. The van der Waals surface area contributed by atoms with Crippen LogP contribution in [0.15, 0.2) is 71.6 Å². The van der Waals surface area contributed by atoms with E-state index in [1.54, 1.807) is 49.4 Å². The summed E-state index contributed by atoms with van der Waals surface area (Å²) in [4.78, 5) is 27.8. The van der Waals surface area contributed by atoms with Crippen molar-refractivity contribution >= 4 is 39.1 Å². The normalized spacial score (nSPS) is 11.8. The van der Waals surface area contributed by atoms with Crippen LogP contribution in [0.2, 0.25) is 5.02 Å². The highest BCUT2D eigenvalue weighted by Crippen LogP contribution is 2.34. The van der Waals surface area contributed by atoms with Crippen LogP contribution in [0.3, 0.4) is 0 Å². The summed E-state index contributed by atoms with van der Waals surface area (Å²) in [6.07, 6.45) is 0. The molecular weight excluding hydrogens is 542 g/mol. The third kappa shape index (κ3) is 6.82. The van der Waals surface area contributed by atoms with Crippen molar-refractivity contribution in [2.24, 2.45) is 0 Å². The monoisotopic (exact) mass is 573 g/mol. The second-order valence-electron chi connectivity index (χ2n) is 8.77. The Morgan fingerprint density at radius 1 is 0.974 bits per heavy atom. The maximum atomic E-state index is 13.9. The van der Waals surface area contributed by atoms with Gasteiger partial charge < -0.3 is 19.7 Å². The van der Waals surface area contributed by atoms with Gasteiger partial charge in [-0.2, -0.15) is 0 Å². The van der Waals surface area contributed by atoms with Gasteiger partial charge in [0, 0.05) is 24.7 Å². The summed E-state index contributed by atoms with van der Waals surface area (Å²) in [5.74, 6) is -0.321. The van der Waals surface area contributed by atoms with Gasteiger partial charge in [0.2, 0.25) is 11.8 Å². The molecule has 0 aliphatic rings. The van der Waals surface area contributed by atoms with Gasteiger partial charge in [0.15, 0.2) is 11.5 Å². The standard InChI is InChI=1S/C28H32ClN3O6S/c1-19-10-13-23(14-11-19)39(35,36)32(22-12-15-25(37-4)26(16-22)38-5)18-27(33)31(20(2)28(34)30-3)17-21-8-6-7-9-24(21)29/h6-16,20H,17-18H2,1-5H3,(H,30,34)/t20-/m1/s1. The molecule has 1 atom stereocenters. The molecule has 2 amide bonds. The smallest absolute Gasteiger partial charge is 0.264 e. The minimum Gasteiger partial charge on any atom is -0.493 e. The van der Waals surface area contributed by atoms with Crippen LogP contribution >= 0.6 is 11.6 Å². The number of rotatable bonds is 11. The molecule has 0 bridgehead atoms. The van der Waals surface area contributed by atoms with Crippen molar-refractivity contribution in [2.45, 2.75) is 31.3 Å². The number of sulfonamides is 1. The van der Waals surface area contributed by atoms with Gasteiger partial charge in [-0.05, 0) is 49.7 Å². The van der Waals surface area contributed by atoms with Gasteiger partial charge in [0.1, 0.15) is 12.6 Å². The first-order chi connectivity index (χ1) is 18.5. The van der Waals surface area contributed by atoms with E-state index in [0.717, 1.165) is 9.87 Å². The number of amides is 2. The summed E-state index contributed by atoms with van der Waals surface area (Å²) in [6, 6.07) is 16.9. The predicted molar refractivity (Wildman–Crippen MR) is 151 cm³/mol.